The van der Waals surface area contributed by atoms with E-state index < -0.39 is 5.54 Å². The van der Waals surface area contributed by atoms with Crippen molar-refractivity contribution >= 4 is 5.69 Å². The fourth-order valence-electron chi connectivity index (χ4n) is 2.66. The molecule has 0 aromatic heterocycles. The summed E-state index contributed by atoms with van der Waals surface area (Å²) < 4.78 is 5.23. The summed E-state index contributed by atoms with van der Waals surface area (Å²) in [5, 5.41) is 13.0. The molecular weight excluding hydrogens is 250 g/mol. The Labute approximate surface area is 121 Å². The van der Waals surface area contributed by atoms with Gasteiger partial charge in [0, 0.05) is 30.9 Å². The number of nitriles is 1. The Morgan fingerprint density at radius 3 is 2.60 bits per heavy atom. The Balaban J connectivity index is 2.08. The summed E-state index contributed by atoms with van der Waals surface area (Å²) >= 11 is 0. The van der Waals surface area contributed by atoms with Gasteiger partial charge in [0.1, 0.15) is 11.3 Å². The average Bonchev–Trinajstić information content (AvgIpc) is 2.48. The van der Waals surface area contributed by atoms with Gasteiger partial charge in [-0.15, -0.1) is 0 Å². The molecule has 4 nitrogen and oxygen atoms in total. The van der Waals surface area contributed by atoms with Gasteiger partial charge in [0.2, 0.25) is 0 Å². The molecule has 1 aliphatic heterocycles. The minimum Gasteiger partial charge on any atom is -0.497 e. The van der Waals surface area contributed by atoms with Crippen molar-refractivity contribution < 1.29 is 4.74 Å². The first-order valence-corrected chi connectivity index (χ1v) is 7.16. The molecule has 108 valence electrons. The predicted octanol–water partition coefficient (Wildman–Crippen LogP) is 2.87. The maximum atomic E-state index is 9.59. The molecule has 20 heavy (non-hydrogen) atoms. The molecule has 0 amide bonds. The van der Waals surface area contributed by atoms with Crippen molar-refractivity contribution in [3.05, 3.63) is 24.3 Å². The Morgan fingerprint density at radius 1 is 1.35 bits per heavy atom. The lowest BCUT2D eigenvalue weighted by molar-refractivity contribution is 0.160. The number of ether oxygens (including phenoxy) is 1. The van der Waals surface area contributed by atoms with Crippen molar-refractivity contribution in [2.24, 2.45) is 0 Å². The summed E-state index contributed by atoms with van der Waals surface area (Å²) in [4.78, 5) is 2.42. The normalized spacial score (nSPS) is 18.6. The van der Waals surface area contributed by atoms with Crippen LogP contribution in [0.1, 0.15) is 26.7 Å². The van der Waals surface area contributed by atoms with E-state index in [0.717, 1.165) is 37.4 Å². The Bertz CT molecular complexity index is 485. The number of benzene rings is 1. The molecule has 0 radical (unpaired) electrons. The summed E-state index contributed by atoms with van der Waals surface area (Å²) in [6.07, 6.45) is 1.69. The van der Waals surface area contributed by atoms with E-state index in [9.17, 15) is 5.26 Å². The van der Waals surface area contributed by atoms with Crippen molar-refractivity contribution in [1.29, 1.82) is 5.26 Å². The zero-order valence-corrected chi connectivity index (χ0v) is 12.5. The number of anilines is 1. The van der Waals surface area contributed by atoms with Crippen LogP contribution < -0.4 is 10.1 Å². The van der Waals surface area contributed by atoms with Crippen molar-refractivity contribution in [3.63, 3.8) is 0 Å². The third kappa shape index (κ3) is 3.23. The van der Waals surface area contributed by atoms with E-state index in [-0.39, 0.29) is 0 Å². The maximum Gasteiger partial charge on any atom is 0.127 e. The van der Waals surface area contributed by atoms with Crippen LogP contribution in [0.4, 0.5) is 5.69 Å². The first-order chi connectivity index (χ1) is 9.58. The minimum atomic E-state index is -0.461. The highest BCUT2D eigenvalue weighted by Crippen LogP contribution is 2.28. The molecule has 1 N–H and O–H groups in total. The molecule has 1 aromatic carbocycles. The predicted molar refractivity (Wildman–Crippen MR) is 80.9 cm³/mol. The summed E-state index contributed by atoms with van der Waals surface area (Å²) in [6.45, 7) is 6.33. The monoisotopic (exact) mass is 273 g/mol. The quantitative estimate of drug-likeness (QED) is 0.916. The van der Waals surface area contributed by atoms with Crippen LogP contribution in [0.25, 0.3) is 0 Å². The molecule has 0 atom stereocenters. The molecule has 1 heterocycles. The molecule has 0 spiro atoms. The summed E-state index contributed by atoms with van der Waals surface area (Å²) in [7, 11) is 1.65. The zero-order chi connectivity index (χ0) is 14.6. The summed E-state index contributed by atoms with van der Waals surface area (Å²) in [5.74, 6) is 0.808. The highest BCUT2D eigenvalue weighted by atomic mass is 16.5. The number of rotatable bonds is 4. The maximum absolute atomic E-state index is 9.59. The number of nitrogens with zero attached hydrogens (tertiary/aromatic N) is 2. The smallest absolute Gasteiger partial charge is 0.127 e. The second kappa shape index (κ2) is 6.15. The number of hydrogen-bond acceptors (Lipinski definition) is 4. The molecule has 1 aliphatic rings. The van der Waals surface area contributed by atoms with Crippen molar-refractivity contribution in [2.75, 3.05) is 25.5 Å². The van der Waals surface area contributed by atoms with Gasteiger partial charge in [0.15, 0.2) is 0 Å². The van der Waals surface area contributed by atoms with Crippen LogP contribution in [0.3, 0.4) is 0 Å². The van der Waals surface area contributed by atoms with Crippen LogP contribution in [-0.2, 0) is 0 Å². The van der Waals surface area contributed by atoms with Gasteiger partial charge in [-0.1, -0.05) is 6.07 Å². The van der Waals surface area contributed by atoms with E-state index in [1.807, 2.05) is 24.3 Å². The molecule has 4 heteroatoms. The van der Waals surface area contributed by atoms with E-state index in [2.05, 4.69) is 30.1 Å². The topological polar surface area (TPSA) is 48.3 Å². The molecule has 1 saturated heterocycles. The Kier molecular flexibility index (Phi) is 4.51. The third-order valence-electron chi connectivity index (χ3n) is 4.05. The second-order valence-electron chi connectivity index (χ2n) is 5.68. The van der Waals surface area contributed by atoms with E-state index >= 15 is 0 Å². The SMILES string of the molecule is COc1cccc(NC2(C#N)CCN(C(C)C)CC2)c1. The first kappa shape index (κ1) is 14.7. The largest absolute Gasteiger partial charge is 0.497 e. The Hall–Kier alpha value is -1.73. The average molecular weight is 273 g/mol. The highest BCUT2D eigenvalue weighted by Gasteiger charge is 2.35. The van der Waals surface area contributed by atoms with Crippen LogP contribution >= 0.6 is 0 Å². The lowest BCUT2D eigenvalue weighted by Crippen LogP contribution is -2.50. The molecular formula is C16H23N3O. The fraction of sp³-hybridized carbons (Fsp3) is 0.562. The molecule has 1 aromatic rings. The third-order valence-corrected chi connectivity index (χ3v) is 4.05. The van der Waals surface area contributed by atoms with Gasteiger partial charge in [-0.05, 0) is 38.8 Å². The first-order valence-electron chi connectivity index (χ1n) is 7.16. The molecule has 0 bridgehead atoms. The molecule has 2 rings (SSSR count). The molecule has 0 unspecified atom stereocenters. The van der Waals surface area contributed by atoms with Crippen molar-refractivity contribution in [1.82, 2.24) is 4.90 Å². The number of nitrogens with one attached hydrogen (secondary N) is 1. The lowest BCUT2D eigenvalue weighted by Gasteiger charge is -2.40. The van der Waals surface area contributed by atoms with Gasteiger partial charge in [-0.3, -0.25) is 0 Å². The second-order valence-corrected chi connectivity index (χ2v) is 5.68. The van der Waals surface area contributed by atoms with Crippen LogP contribution in [0, 0.1) is 11.3 Å². The number of likely N-dealkylation sites (tertiary alicyclic amines) is 1. The van der Waals surface area contributed by atoms with Crippen LogP contribution in [0.5, 0.6) is 5.75 Å². The number of piperidine rings is 1. The standard InChI is InChI=1S/C16H23N3O/c1-13(2)19-9-7-16(12-17,8-10-19)18-14-5-4-6-15(11-14)20-3/h4-6,11,13,18H,7-10H2,1-3H3. The van der Waals surface area contributed by atoms with Crippen molar-refractivity contribution in [2.45, 2.75) is 38.3 Å². The Morgan fingerprint density at radius 2 is 2.05 bits per heavy atom. The van der Waals surface area contributed by atoms with Gasteiger partial charge >= 0.3 is 0 Å². The summed E-state index contributed by atoms with van der Waals surface area (Å²) in [6, 6.07) is 10.8. The number of hydrogen-bond donors (Lipinski definition) is 1. The minimum absolute atomic E-state index is 0.461. The lowest BCUT2D eigenvalue weighted by atomic mass is 9.88. The van der Waals surface area contributed by atoms with Crippen molar-refractivity contribution in [3.8, 4) is 11.8 Å². The van der Waals surface area contributed by atoms with Crippen LogP contribution in [-0.4, -0.2) is 36.7 Å². The number of methoxy groups -OCH3 is 1. The molecule has 0 saturated carbocycles. The van der Waals surface area contributed by atoms with Crippen LogP contribution in [0.2, 0.25) is 0 Å². The van der Waals surface area contributed by atoms with E-state index in [0.29, 0.717) is 6.04 Å². The van der Waals surface area contributed by atoms with Gasteiger partial charge in [0.25, 0.3) is 0 Å². The zero-order valence-electron chi connectivity index (χ0n) is 12.5. The van der Waals surface area contributed by atoms with Gasteiger partial charge < -0.3 is 15.0 Å². The van der Waals surface area contributed by atoms with Crippen LogP contribution in [0.15, 0.2) is 24.3 Å². The van der Waals surface area contributed by atoms with E-state index in [4.69, 9.17) is 4.74 Å². The fourth-order valence-corrected chi connectivity index (χ4v) is 2.66. The van der Waals surface area contributed by atoms with E-state index in [1.54, 1.807) is 7.11 Å². The van der Waals surface area contributed by atoms with Gasteiger partial charge in [-0.25, -0.2) is 0 Å². The van der Waals surface area contributed by atoms with Gasteiger partial charge in [-0.2, -0.15) is 5.26 Å². The molecule has 1 fully saturated rings. The molecule has 0 aliphatic carbocycles. The van der Waals surface area contributed by atoms with Gasteiger partial charge in [0.05, 0.1) is 13.2 Å². The van der Waals surface area contributed by atoms with E-state index in [1.165, 1.54) is 0 Å². The summed E-state index contributed by atoms with van der Waals surface area (Å²) in [5.41, 5.74) is 0.487. The highest BCUT2D eigenvalue weighted by molar-refractivity contribution is 5.51.